The molecule has 0 spiro atoms. The minimum Gasteiger partial charge on any atom is -0.459 e. The minimum absolute atomic E-state index is 0.183. The van der Waals surface area contributed by atoms with Crippen molar-refractivity contribution >= 4 is 11.7 Å². The van der Waals surface area contributed by atoms with Crippen molar-refractivity contribution in [2.75, 3.05) is 4.90 Å². The Morgan fingerprint density at radius 3 is 2.62 bits per heavy atom. The standard InChI is InChI=1S/C36H43NO2/c1-6-36(7-2,34(38)39-25-28-15-9-8-10-16-28)37-32-19-12-11-18-31(32)27(4)33(37)24-29-20-22-35(5)21-14-13-17-30(35)23-26(29)3/h6,8-19,21,24,26-27,29-30H,1,7,20,22-23,25H2,2-5H3/b33-24+/t26-,27?,29-,30?,35?,36?/m1/s1. The van der Waals surface area contributed by atoms with Crippen molar-refractivity contribution in [3.8, 4) is 0 Å². The second-order valence-corrected chi connectivity index (χ2v) is 12.0. The topological polar surface area (TPSA) is 29.5 Å². The molecule has 0 radical (unpaired) electrons. The Balaban J connectivity index is 1.52. The van der Waals surface area contributed by atoms with Gasteiger partial charge in [0.1, 0.15) is 6.61 Å². The van der Waals surface area contributed by atoms with Gasteiger partial charge < -0.3 is 9.64 Å². The first-order chi connectivity index (χ1) is 18.8. The molecule has 1 heterocycles. The smallest absolute Gasteiger partial charge is 0.336 e. The van der Waals surface area contributed by atoms with Crippen LogP contribution >= 0.6 is 0 Å². The van der Waals surface area contributed by atoms with Crippen LogP contribution in [0.25, 0.3) is 0 Å². The maximum absolute atomic E-state index is 14.0. The minimum atomic E-state index is -0.985. The highest BCUT2D eigenvalue weighted by Crippen LogP contribution is 2.51. The van der Waals surface area contributed by atoms with Crippen LogP contribution in [0.2, 0.25) is 0 Å². The normalized spacial score (nSPS) is 30.3. The third-order valence-corrected chi connectivity index (χ3v) is 9.72. The molecule has 3 aliphatic rings. The van der Waals surface area contributed by atoms with Gasteiger partial charge in [0.25, 0.3) is 0 Å². The van der Waals surface area contributed by atoms with E-state index in [1.807, 2.05) is 36.4 Å². The van der Waals surface area contributed by atoms with E-state index in [4.69, 9.17) is 4.74 Å². The number of benzene rings is 2. The number of anilines is 1. The molecule has 3 nitrogen and oxygen atoms in total. The lowest BCUT2D eigenvalue weighted by molar-refractivity contribution is -0.149. The van der Waals surface area contributed by atoms with Crippen molar-refractivity contribution in [3.05, 3.63) is 114 Å². The molecule has 0 saturated heterocycles. The highest BCUT2D eigenvalue weighted by atomic mass is 16.5. The highest BCUT2D eigenvalue weighted by molar-refractivity contribution is 5.91. The SMILES string of the molecule is C=CC(CC)(C(=O)OCc1ccccc1)N1/C(=C/[C@H]2CCC3(C)C=CC=CC3C[C@H]2C)C(C)c2ccccc21. The van der Waals surface area contributed by atoms with Crippen molar-refractivity contribution < 1.29 is 9.53 Å². The predicted octanol–water partition coefficient (Wildman–Crippen LogP) is 8.76. The van der Waals surface area contributed by atoms with Crippen LogP contribution in [0.1, 0.15) is 70.4 Å². The van der Waals surface area contributed by atoms with Gasteiger partial charge in [-0.15, -0.1) is 6.58 Å². The molecule has 204 valence electrons. The summed E-state index contributed by atoms with van der Waals surface area (Å²) < 4.78 is 6.00. The van der Waals surface area contributed by atoms with Crippen molar-refractivity contribution in [3.63, 3.8) is 0 Å². The van der Waals surface area contributed by atoms with Crippen molar-refractivity contribution in [1.82, 2.24) is 0 Å². The lowest BCUT2D eigenvalue weighted by atomic mass is 9.71. The van der Waals surface area contributed by atoms with Crippen LogP contribution in [-0.2, 0) is 16.1 Å². The molecule has 1 aliphatic heterocycles. The summed E-state index contributed by atoms with van der Waals surface area (Å²) >= 11 is 0. The van der Waals surface area contributed by atoms with Crippen molar-refractivity contribution in [2.24, 2.45) is 23.2 Å². The molecular formula is C36H43NO2. The van der Waals surface area contributed by atoms with Gasteiger partial charge in [-0.1, -0.05) is 113 Å². The second-order valence-electron chi connectivity index (χ2n) is 12.0. The van der Waals surface area contributed by atoms with Gasteiger partial charge in [0.2, 0.25) is 0 Å². The average molecular weight is 522 g/mol. The van der Waals surface area contributed by atoms with Gasteiger partial charge in [0.15, 0.2) is 5.54 Å². The third kappa shape index (κ3) is 4.93. The number of carbonyl (C=O) groups excluding carboxylic acids is 1. The first kappa shape index (κ1) is 27.2. The molecule has 0 amide bonds. The fourth-order valence-electron chi connectivity index (χ4n) is 7.01. The molecule has 6 atom stereocenters. The Kier molecular flexibility index (Phi) is 7.71. The fourth-order valence-corrected chi connectivity index (χ4v) is 7.01. The zero-order valence-electron chi connectivity index (χ0n) is 24.0. The molecule has 4 unspecified atom stereocenters. The highest BCUT2D eigenvalue weighted by Gasteiger charge is 2.49. The molecule has 2 aromatic rings. The van der Waals surface area contributed by atoms with E-state index >= 15 is 0 Å². The Bertz CT molecular complexity index is 1290. The summed E-state index contributed by atoms with van der Waals surface area (Å²) in [5.74, 6) is 1.49. The monoisotopic (exact) mass is 521 g/mol. The van der Waals surface area contributed by atoms with Gasteiger partial charge in [0.05, 0.1) is 0 Å². The first-order valence-corrected chi connectivity index (χ1v) is 14.6. The van der Waals surface area contributed by atoms with E-state index in [9.17, 15) is 4.79 Å². The van der Waals surface area contributed by atoms with E-state index in [0.29, 0.717) is 24.2 Å². The number of hydrogen-bond acceptors (Lipinski definition) is 3. The van der Waals surface area contributed by atoms with E-state index in [1.54, 1.807) is 0 Å². The molecule has 0 aromatic heterocycles. The predicted molar refractivity (Wildman–Crippen MR) is 161 cm³/mol. The number of para-hydroxylation sites is 1. The number of esters is 1. The maximum Gasteiger partial charge on any atom is 0.336 e. The van der Waals surface area contributed by atoms with E-state index < -0.39 is 5.54 Å². The number of hydrogen-bond donors (Lipinski definition) is 0. The molecule has 2 aliphatic carbocycles. The Morgan fingerprint density at radius 2 is 1.87 bits per heavy atom. The van der Waals surface area contributed by atoms with Gasteiger partial charge in [-0.2, -0.15) is 0 Å². The molecule has 39 heavy (non-hydrogen) atoms. The summed E-state index contributed by atoms with van der Waals surface area (Å²) in [5, 5.41) is 0. The summed E-state index contributed by atoms with van der Waals surface area (Å²) in [6, 6.07) is 18.4. The zero-order chi connectivity index (χ0) is 27.6. The Hall–Kier alpha value is -3.33. The van der Waals surface area contributed by atoms with Crippen molar-refractivity contribution in [1.29, 1.82) is 0 Å². The van der Waals surface area contributed by atoms with E-state index in [1.165, 1.54) is 17.7 Å². The van der Waals surface area contributed by atoms with E-state index in [0.717, 1.165) is 24.1 Å². The summed E-state index contributed by atoms with van der Waals surface area (Å²) in [6.45, 7) is 13.6. The quantitative estimate of drug-likeness (QED) is 0.269. The van der Waals surface area contributed by atoms with Gasteiger partial charge in [-0.25, -0.2) is 4.79 Å². The molecule has 1 fully saturated rings. The van der Waals surface area contributed by atoms with Gasteiger partial charge >= 0.3 is 5.97 Å². The molecule has 1 saturated carbocycles. The number of rotatable bonds is 7. The molecule has 2 aromatic carbocycles. The summed E-state index contributed by atoms with van der Waals surface area (Å²) in [5.41, 5.74) is 3.76. The van der Waals surface area contributed by atoms with Gasteiger partial charge in [0, 0.05) is 17.3 Å². The third-order valence-electron chi connectivity index (χ3n) is 9.72. The lowest BCUT2D eigenvalue weighted by Crippen LogP contribution is -2.52. The largest absolute Gasteiger partial charge is 0.459 e. The van der Waals surface area contributed by atoms with Gasteiger partial charge in [-0.05, 0) is 66.0 Å². The fraction of sp³-hybridized carbons (Fsp3) is 0.417. The summed E-state index contributed by atoms with van der Waals surface area (Å²) in [4.78, 5) is 16.3. The molecule has 5 rings (SSSR count). The number of carbonyl (C=O) groups is 1. The number of allylic oxidation sites excluding steroid dienone is 6. The van der Waals surface area contributed by atoms with E-state index in [-0.39, 0.29) is 23.9 Å². The average Bonchev–Trinajstić information content (AvgIpc) is 3.16. The van der Waals surface area contributed by atoms with Crippen molar-refractivity contribution in [2.45, 2.75) is 71.4 Å². The Morgan fingerprint density at radius 1 is 1.13 bits per heavy atom. The maximum atomic E-state index is 14.0. The van der Waals surface area contributed by atoms with Crippen LogP contribution in [-0.4, -0.2) is 11.5 Å². The van der Waals surface area contributed by atoms with Crippen LogP contribution in [0.3, 0.4) is 0 Å². The molecule has 0 N–H and O–H groups in total. The zero-order valence-corrected chi connectivity index (χ0v) is 24.0. The first-order valence-electron chi connectivity index (χ1n) is 14.6. The number of nitrogens with zero attached hydrogens (tertiary/aromatic N) is 1. The lowest BCUT2D eigenvalue weighted by Gasteiger charge is -2.40. The number of fused-ring (bicyclic) bond motifs is 2. The Labute approximate surface area is 235 Å². The van der Waals surface area contributed by atoms with Gasteiger partial charge in [-0.3, -0.25) is 0 Å². The number of ether oxygens (including phenoxy) is 1. The summed E-state index contributed by atoms with van der Waals surface area (Å²) in [6.07, 6.45) is 17.6. The second kappa shape index (κ2) is 11.0. The van der Waals surface area contributed by atoms with Crippen LogP contribution < -0.4 is 4.90 Å². The van der Waals surface area contributed by atoms with E-state index in [2.05, 4.69) is 93.8 Å². The van der Waals surface area contributed by atoms with Crippen LogP contribution in [0.15, 0.2) is 103 Å². The molecule has 0 bridgehead atoms. The molecule has 3 heteroatoms. The summed E-state index contributed by atoms with van der Waals surface area (Å²) in [7, 11) is 0. The van der Waals surface area contributed by atoms with Crippen LogP contribution in [0.4, 0.5) is 5.69 Å². The van der Waals surface area contributed by atoms with Crippen LogP contribution in [0, 0.1) is 23.2 Å². The molecular weight excluding hydrogens is 478 g/mol. The van der Waals surface area contributed by atoms with Crippen LogP contribution in [0.5, 0.6) is 0 Å².